The molecule has 0 saturated carbocycles. The van der Waals surface area contributed by atoms with Crippen LogP contribution in [0.15, 0.2) is 36.4 Å². The van der Waals surface area contributed by atoms with Crippen LogP contribution >= 0.6 is 0 Å². The van der Waals surface area contributed by atoms with Gasteiger partial charge < -0.3 is 23.7 Å². The number of ether oxygens (including phenoxy) is 5. The van der Waals surface area contributed by atoms with Gasteiger partial charge >= 0.3 is 0 Å². The summed E-state index contributed by atoms with van der Waals surface area (Å²) in [5.74, 6) is 3.47. The smallest absolute Gasteiger partial charge is 0.127 e. The van der Waals surface area contributed by atoms with E-state index in [1.165, 1.54) is 0 Å². The normalized spacial score (nSPS) is 10.0. The Hall–Kier alpha value is -2.56. The van der Waals surface area contributed by atoms with Gasteiger partial charge in [0, 0.05) is 24.3 Å². The van der Waals surface area contributed by atoms with Crippen LogP contribution in [0.3, 0.4) is 0 Å². The summed E-state index contributed by atoms with van der Waals surface area (Å²) in [4.78, 5) is 0. The minimum Gasteiger partial charge on any atom is -0.497 e. The molecule has 0 unspecified atom stereocenters. The largest absolute Gasteiger partial charge is 0.497 e. The Morgan fingerprint density at radius 1 is 0.545 bits per heavy atom. The predicted molar refractivity (Wildman–Crippen MR) is 83.4 cm³/mol. The maximum atomic E-state index is 5.80. The average Bonchev–Trinajstić information content (AvgIpc) is 2.59. The van der Waals surface area contributed by atoms with Gasteiger partial charge in [-0.05, 0) is 17.7 Å². The molecule has 5 heteroatoms. The first-order valence-corrected chi connectivity index (χ1v) is 6.76. The van der Waals surface area contributed by atoms with Crippen LogP contribution < -0.4 is 23.7 Å². The maximum absolute atomic E-state index is 5.80. The summed E-state index contributed by atoms with van der Waals surface area (Å²) in [6, 6.07) is 11.0. The van der Waals surface area contributed by atoms with Crippen LogP contribution in [-0.4, -0.2) is 28.4 Å². The average molecular weight is 304 g/mol. The summed E-state index contributed by atoms with van der Waals surface area (Å²) in [7, 11) is 6.44. The van der Waals surface area contributed by atoms with Gasteiger partial charge in [0.25, 0.3) is 0 Å². The lowest BCUT2D eigenvalue weighted by atomic mass is 10.2. The fourth-order valence-electron chi connectivity index (χ4n) is 1.98. The quantitative estimate of drug-likeness (QED) is 0.785. The van der Waals surface area contributed by atoms with Crippen molar-refractivity contribution >= 4 is 0 Å². The van der Waals surface area contributed by atoms with Crippen molar-refractivity contribution in [1.82, 2.24) is 0 Å². The summed E-state index contributed by atoms with van der Waals surface area (Å²) in [6.45, 7) is 0.379. The zero-order chi connectivity index (χ0) is 15.9. The fourth-order valence-corrected chi connectivity index (χ4v) is 1.98. The van der Waals surface area contributed by atoms with Gasteiger partial charge in [0.05, 0.1) is 28.4 Å². The van der Waals surface area contributed by atoms with Crippen molar-refractivity contribution in [3.63, 3.8) is 0 Å². The second kappa shape index (κ2) is 7.45. The number of hydrogen-bond donors (Lipinski definition) is 0. The Morgan fingerprint density at radius 2 is 0.909 bits per heavy atom. The van der Waals surface area contributed by atoms with Crippen molar-refractivity contribution in [2.45, 2.75) is 6.61 Å². The van der Waals surface area contributed by atoms with Gasteiger partial charge in [0.15, 0.2) is 0 Å². The molecule has 0 fully saturated rings. The Morgan fingerprint density at radius 3 is 1.32 bits per heavy atom. The number of benzene rings is 2. The predicted octanol–water partition coefficient (Wildman–Crippen LogP) is 3.30. The first kappa shape index (κ1) is 15.8. The van der Waals surface area contributed by atoms with Crippen LogP contribution in [0.1, 0.15) is 5.56 Å². The van der Waals surface area contributed by atoms with Crippen LogP contribution in [0.4, 0.5) is 0 Å². The van der Waals surface area contributed by atoms with Crippen molar-refractivity contribution in [2.24, 2.45) is 0 Å². The van der Waals surface area contributed by atoms with Gasteiger partial charge in [-0.3, -0.25) is 0 Å². The molecule has 2 aromatic carbocycles. The minimum atomic E-state index is 0.379. The number of methoxy groups -OCH3 is 4. The molecule has 0 N–H and O–H groups in total. The molecule has 0 spiro atoms. The van der Waals surface area contributed by atoms with E-state index in [-0.39, 0.29) is 0 Å². The molecule has 2 aromatic rings. The van der Waals surface area contributed by atoms with E-state index in [1.807, 2.05) is 18.2 Å². The third-order valence-corrected chi connectivity index (χ3v) is 3.14. The lowest BCUT2D eigenvalue weighted by molar-refractivity contribution is 0.298. The van der Waals surface area contributed by atoms with Crippen LogP contribution in [-0.2, 0) is 6.61 Å². The van der Waals surface area contributed by atoms with Gasteiger partial charge in [0.2, 0.25) is 0 Å². The van der Waals surface area contributed by atoms with Gasteiger partial charge in [-0.15, -0.1) is 0 Å². The molecule has 0 saturated heterocycles. The third kappa shape index (κ3) is 3.97. The number of hydrogen-bond acceptors (Lipinski definition) is 5. The van der Waals surface area contributed by atoms with Crippen LogP contribution in [0.2, 0.25) is 0 Å². The molecule has 0 amide bonds. The summed E-state index contributed by atoms with van der Waals surface area (Å²) in [5, 5.41) is 0. The molecule has 0 aliphatic rings. The lowest BCUT2D eigenvalue weighted by Crippen LogP contribution is -1.98. The van der Waals surface area contributed by atoms with E-state index in [0.29, 0.717) is 23.9 Å². The second-order valence-electron chi connectivity index (χ2n) is 4.56. The summed E-state index contributed by atoms with van der Waals surface area (Å²) in [6.07, 6.45) is 0. The molecule has 0 aromatic heterocycles. The molecule has 0 aliphatic carbocycles. The lowest BCUT2D eigenvalue weighted by Gasteiger charge is -2.12. The Labute approximate surface area is 130 Å². The highest BCUT2D eigenvalue weighted by atomic mass is 16.5. The fraction of sp³-hybridized carbons (Fsp3) is 0.294. The molecule has 0 radical (unpaired) electrons. The molecular formula is C17H20O5. The first-order valence-electron chi connectivity index (χ1n) is 6.76. The van der Waals surface area contributed by atoms with Gasteiger partial charge in [0.1, 0.15) is 35.4 Å². The van der Waals surface area contributed by atoms with Gasteiger partial charge in [-0.2, -0.15) is 0 Å². The minimum absolute atomic E-state index is 0.379. The summed E-state index contributed by atoms with van der Waals surface area (Å²) < 4.78 is 26.7. The molecule has 0 aliphatic heterocycles. The molecule has 0 bridgehead atoms. The van der Waals surface area contributed by atoms with Crippen molar-refractivity contribution < 1.29 is 23.7 Å². The second-order valence-corrected chi connectivity index (χ2v) is 4.56. The zero-order valence-corrected chi connectivity index (χ0v) is 13.2. The summed E-state index contributed by atoms with van der Waals surface area (Å²) in [5.41, 5.74) is 0.943. The van der Waals surface area contributed by atoms with Crippen LogP contribution in [0.5, 0.6) is 28.7 Å². The molecule has 0 atom stereocenters. The van der Waals surface area contributed by atoms with Crippen LogP contribution in [0.25, 0.3) is 0 Å². The van der Waals surface area contributed by atoms with Crippen LogP contribution in [0, 0.1) is 0 Å². The maximum Gasteiger partial charge on any atom is 0.127 e. The molecule has 2 rings (SSSR count). The zero-order valence-electron chi connectivity index (χ0n) is 13.2. The standard InChI is InChI=1S/C17H20O5/c1-18-13-5-12(6-14(7-13)19-2)11-22-17-9-15(20-3)8-16(10-17)21-4/h5-10H,11H2,1-4H3. The third-order valence-electron chi connectivity index (χ3n) is 3.14. The first-order chi connectivity index (χ1) is 10.7. The monoisotopic (exact) mass is 304 g/mol. The summed E-state index contributed by atoms with van der Waals surface area (Å²) >= 11 is 0. The van der Waals surface area contributed by atoms with E-state index >= 15 is 0 Å². The molecular weight excluding hydrogens is 284 g/mol. The molecule has 0 heterocycles. The number of rotatable bonds is 7. The van der Waals surface area contributed by atoms with E-state index < -0.39 is 0 Å². The van der Waals surface area contributed by atoms with E-state index in [2.05, 4.69) is 0 Å². The van der Waals surface area contributed by atoms with E-state index in [9.17, 15) is 0 Å². The van der Waals surface area contributed by atoms with Gasteiger partial charge in [-0.1, -0.05) is 0 Å². The topological polar surface area (TPSA) is 46.2 Å². The highest BCUT2D eigenvalue weighted by molar-refractivity contribution is 5.42. The molecule has 118 valence electrons. The van der Waals surface area contributed by atoms with Crippen molar-refractivity contribution in [3.05, 3.63) is 42.0 Å². The Bertz CT molecular complexity index is 524. The highest BCUT2D eigenvalue weighted by Crippen LogP contribution is 2.29. The Kier molecular flexibility index (Phi) is 5.36. The van der Waals surface area contributed by atoms with Crippen molar-refractivity contribution in [1.29, 1.82) is 0 Å². The highest BCUT2D eigenvalue weighted by Gasteiger charge is 2.06. The van der Waals surface area contributed by atoms with E-state index in [4.69, 9.17) is 23.7 Å². The SMILES string of the molecule is COc1cc(COc2cc(OC)cc(OC)c2)cc(OC)c1. The van der Waals surface area contributed by atoms with Gasteiger partial charge in [-0.25, -0.2) is 0 Å². The molecule has 5 nitrogen and oxygen atoms in total. The van der Waals surface area contributed by atoms with Crippen molar-refractivity contribution in [2.75, 3.05) is 28.4 Å². The Balaban J connectivity index is 2.15. The molecule has 22 heavy (non-hydrogen) atoms. The van der Waals surface area contributed by atoms with E-state index in [1.54, 1.807) is 46.6 Å². The van der Waals surface area contributed by atoms with E-state index in [0.717, 1.165) is 17.1 Å². The van der Waals surface area contributed by atoms with Crippen molar-refractivity contribution in [3.8, 4) is 28.7 Å².